The molecule has 2 aliphatic carbocycles. The van der Waals surface area contributed by atoms with E-state index < -0.39 is 0 Å². The van der Waals surface area contributed by atoms with E-state index in [9.17, 15) is 0 Å². The van der Waals surface area contributed by atoms with Crippen molar-refractivity contribution in [2.24, 2.45) is 23.2 Å². The van der Waals surface area contributed by atoms with Crippen LogP contribution in [0.3, 0.4) is 0 Å². The van der Waals surface area contributed by atoms with Crippen molar-refractivity contribution in [3.05, 3.63) is 0 Å². The molecule has 2 nitrogen and oxygen atoms in total. The van der Waals surface area contributed by atoms with Crippen LogP contribution in [0.4, 0.5) is 0 Å². The van der Waals surface area contributed by atoms with Gasteiger partial charge in [0.05, 0.1) is 13.2 Å². The lowest BCUT2D eigenvalue weighted by Gasteiger charge is -2.40. The number of fused-ring (bicyclic) bond motifs is 1. The van der Waals surface area contributed by atoms with Crippen LogP contribution in [0.2, 0.25) is 0 Å². The molecule has 1 aliphatic heterocycles. The molecule has 0 aromatic rings. The zero-order chi connectivity index (χ0) is 11.3. The first kappa shape index (κ1) is 11.0. The van der Waals surface area contributed by atoms with Gasteiger partial charge in [-0.15, -0.1) is 0 Å². The van der Waals surface area contributed by atoms with Crippen LogP contribution >= 0.6 is 0 Å². The zero-order valence-corrected chi connectivity index (χ0v) is 10.9. The van der Waals surface area contributed by atoms with Crippen molar-refractivity contribution in [2.45, 2.75) is 39.7 Å². The summed E-state index contributed by atoms with van der Waals surface area (Å²) in [6.07, 6.45) is 2.90. The molecular weight excluding hydrogens is 198 g/mol. The van der Waals surface area contributed by atoms with Crippen molar-refractivity contribution >= 4 is 0 Å². The van der Waals surface area contributed by atoms with E-state index in [1.54, 1.807) is 0 Å². The molecule has 16 heavy (non-hydrogen) atoms. The molecule has 0 amide bonds. The Hall–Kier alpha value is -0.0800. The number of hydrogen-bond acceptors (Lipinski definition) is 2. The van der Waals surface area contributed by atoms with Crippen molar-refractivity contribution < 1.29 is 4.74 Å². The lowest BCUT2D eigenvalue weighted by molar-refractivity contribution is -0.00596. The van der Waals surface area contributed by atoms with Crippen molar-refractivity contribution in [2.75, 3.05) is 26.3 Å². The maximum absolute atomic E-state index is 5.46. The van der Waals surface area contributed by atoms with Crippen molar-refractivity contribution in [3.63, 3.8) is 0 Å². The SMILES string of the molecule is CC1CC2C(CC1N1CCOCC1)C2(C)C. The molecule has 0 aromatic carbocycles. The second-order valence-corrected chi connectivity index (χ2v) is 6.70. The van der Waals surface area contributed by atoms with Gasteiger partial charge < -0.3 is 4.74 Å². The molecule has 4 unspecified atom stereocenters. The van der Waals surface area contributed by atoms with Gasteiger partial charge in [-0.2, -0.15) is 0 Å². The van der Waals surface area contributed by atoms with Gasteiger partial charge in [0.15, 0.2) is 0 Å². The first-order chi connectivity index (χ1) is 7.60. The van der Waals surface area contributed by atoms with E-state index in [1.165, 1.54) is 12.8 Å². The second kappa shape index (κ2) is 3.71. The highest BCUT2D eigenvalue weighted by Gasteiger charge is 2.61. The van der Waals surface area contributed by atoms with Crippen molar-refractivity contribution in [1.82, 2.24) is 4.90 Å². The molecule has 2 saturated carbocycles. The van der Waals surface area contributed by atoms with E-state index in [2.05, 4.69) is 25.7 Å². The third-order valence-corrected chi connectivity index (χ3v) is 5.58. The van der Waals surface area contributed by atoms with Gasteiger partial charge in [-0.25, -0.2) is 0 Å². The summed E-state index contributed by atoms with van der Waals surface area (Å²) in [5.41, 5.74) is 0.648. The second-order valence-electron chi connectivity index (χ2n) is 6.70. The molecule has 0 aromatic heterocycles. The Kier molecular flexibility index (Phi) is 2.56. The highest BCUT2D eigenvalue weighted by Crippen LogP contribution is 2.66. The molecule has 1 heterocycles. The molecule has 0 radical (unpaired) electrons. The van der Waals surface area contributed by atoms with Gasteiger partial charge >= 0.3 is 0 Å². The highest BCUT2D eigenvalue weighted by atomic mass is 16.5. The van der Waals surface area contributed by atoms with Crippen LogP contribution in [0.25, 0.3) is 0 Å². The molecule has 2 heteroatoms. The minimum Gasteiger partial charge on any atom is -0.379 e. The standard InChI is InChI=1S/C14H25NO/c1-10-8-11-12(14(11,2)3)9-13(10)15-4-6-16-7-5-15/h10-13H,4-9H2,1-3H3. The summed E-state index contributed by atoms with van der Waals surface area (Å²) in [7, 11) is 0. The van der Waals surface area contributed by atoms with E-state index in [0.29, 0.717) is 5.41 Å². The largest absolute Gasteiger partial charge is 0.379 e. The van der Waals surface area contributed by atoms with Gasteiger partial charge in [0.1, 0.15) is 0 Å². The minimum absolute atomic E-state index is 0.648. The Balaban J connectivity index is 1.67. The Morgan fingerprint density at radius 3 is 2.38 bits per heavy atom. The van der Waals surface area contributed by atoms with Gasteiger partial charge in [-0.3, -0.25) is 4.90 Å². The maximum Gasteiger partial charge on any atom is 0.0594 e. The molecular formula is C14H25NO. The lowest BCUT2D eigenvalue weighted by Crippen LogP contribution is -2.47. The van der Waals surface area contributed by atoms with Crippen molar-refractivity contribution in [3.8, 4) is 0 Å². The number of hydrogen-bond donors (Lipinski definition) is 0. The molecule has 92 valence electrons. The summed E-state index contributed by atoms with van der Waals surface area (Å²) < 4.78 is 5.46. The monoisotopic (exact) mass is 223 g/mol. The smallest absolute Gasteiger partial charge is 0.0594 e. The predicted octanol–water partition coefficient (Wildman–Crippen LogP) is 2.39. The Morgan fingerprint density at radius 2 is 1.69 bits per heavy atom. The van der Waals surface area contributed by atoms with Crippen LogP contribution in [0.5, 0.6) is 0 Å². The minimum atomic E-state index is 0.648. The van der Waals surface area contributed by atoms with E-state index in [0.717, 1.165) is 50.1 Å². The number of rotatable bonds is 1. The summed E-state index contributed by atoms with van der Waals surface area (Å²) in [4.78, 5) is 2.69. The van der Waals surface area contributed by atoms with Gasteiger partial charge in [0.2, 0.25) is 0 Å². The number of ether oxygens (including phenoxy) is 1. The Morgan fingerprint density at radius 1 is 1.06 bits per heavy atom. The molecule has 3 fully saturated rings. The quantitative estimate of drug-likeness (QED) is 0.677. The van der Waals surface area contributed by atoms with Gasteiger partial charge in [0, 0.05) is 19.1 Å². The molecule has 0 N–H and O–H groups in total. The molecule has 0 bridgehead atoms. The summed E-state index contributed by atoms with van der Waals surface area (Å²) in [5, 5.41) is 0. The van der Waals surface area contributed by atoms with Crippen LogP contribution < -0.4 is 0 Å². The van der Waals surface area contributed by atoms with Gasteiger partial charge in [-0.1, -0.05) is 20.8 Å². The highest BCUT2D eigenvalue weighted by molar-refractivity contribution is 5.10. The van der Waals surface area contributed by atoms with Crippen LogP contribution in [-0.2, 0) is 4.74 Å². The predicted molar refractivity (Wildman–Crippen MR) is 65.3 cm³/mol. The van der Waals surface area contributed by atoms with Gasteiger partial charge in [0.25, 0.3) is 0 Å². The number of nitrogens with zero attached hydrogens (tertiary/aromatic N) is 1. The third-order valence-electron chi connectivity index (χ3n) is 5.58. The summed E-state index contributed by atoms with van der Waals surface area (Å²) >= 11 is 0. The Bertz CT molecular complexity index is 270. The van der Waals surface area contributed by atoms with Crippen LogP contribution in [0, 0.1) is 23.2 Å². The molecule has 3 aliphatic rings. The van der Waals surface area contributed by atoms with Crippen molar-refractivity contribution in [1.29, 1.82) is 0 Å². The fourth-order valence-corrected chi connectivity index (χ4v) is 4.26. The molecule has 3 rings (SSSR count). The van der Waals surface area contributed by atoms with E-state index >= 15 is 0 Å². The Labute approximate surface area is 99.3 Å². The summed E-state index contributed by atoms with van der Waals surface area (Å²) in [5.74, 6) is 2.93. The third kappa shape index (κ3) is 1.62. The van der Waals surface area contributed by atoms with Crippen LogP contribution in [0.1, 0.15) is 33.6 Å². The molecule has 1 saturated heterocycles. The lowest BCUT2D eigenvalue weighted by atomic mass is 9.85. The first-order valence-corrected chi connectivity index (χ1v) is 6.92. The number of morpholine rings is 1. The molecule has 4 atom stereocenters. The van der Waals surface area contributed by atoms with E-state index in [4.69, 9.17) is 4.74 Å². The van der Waals surface area contributed by atoms with Crippen LogP contribution in [0.15, 0.2) is 0 Å². The average Bonchev–Trinajstić information content (AvgIpc) is 2.80. The van der Waals surface area contributed by atoms with Gasteiger partial charge in [-0.05, 0) is 36.0 Å². The van der Waals surface area contributed by atoms with E-state index in [-0.39, 0.29) is 0 Å². The fraction of sp³-hybridized carbons (Fsp3) is 1.00. The maximum atomic E-state index is 5.46. The summed E-state index contributed by atoms with van der Waals surface area (Å²) in [6, 6.07) is 0.840. The first-order valence-electron chi connectivity index (χ1n) is 6.92. The fourth-order valence-electron chi connectivity index (χ4n) is 4.26. The topological polar surface area (TPSA) is 12.5 Å². The van der Waals surface area contributed by atoms with E-state index in [1.807, 2.05) is 0 Å². The normalized spacial score (nSPS) is 47.4. The molecule has 0 spiro atoms. The van der Waals surface area contributed by atoms with Crippen LogP contribution in [-0.4, -0.2) is 37.2 Å². The zero-order valence-electron chi connectivity index (χ0n) is 10.9. The summed E-state index contributed by atoms with van der Waals surface area (Å²) in [6.45, 7) is 11.6. The average molecular weight is 223 g/mol.